The molecule has 0 saturated heterocycles. The van der Waals surface area contributed by atoms with Gasteiger partial charge in [-0.2, -0.15) is 26.3 Å². The predicted octanol–water partition coefficient (Wildman–Crippen LogP) is 4.86. The number of aliphatic hydroxyl groups excluding tert-OH is 1. The molecule has 192 valence electrons. The van der Waals surface area contributed by atoms with E-state index < -0.39 is 44.4 Å². The maximum absolute atomic E-state index is 13.1. The summed E-state index contributed by atoms with van der Waals surface area (Å²) in [5, 5.41) is 13.1. The molecule has 0 spiro atoms. The van der Waals surface area contributed by atoms with Crippen LogP contribution in [0.1, 0.15) is 35.3 Å². The highest BCUT2D eigenvalue weighted by Crippen LogP contribution is 2.34. The molecule has 1 atom stereocenters. The van der Waals surface area contributed by atoms with Gasteiger partial charge in [-0.3, -0.25) is 5.32 Å². The van der Waals surface area contributed by atoms with E-state index in [1.807, 2.05) is 0 Å². The third-order valence-corrected chi connectivity index (χ3v) is 7.46. The van der Waals surface area contributed by atoms with Gasteiger partial charge in [-0.05, 0) is 36.2 Å². The number of halogens is 6. The maximum atomic E-state index is 13.1. The van der Waals surface area contributed by atoms with E-state index in [0.717, 1.165) is 24.4 Å². The van der Waals surface area contributed by atoms with Gasteiger partial charge >= 0.3 is 12.4 Å². The minimum Gasteiger partial charge on any atom is -0.373 e. The van der Waals surface area contributed by atoms with E-state index in [1.54, 1.807) is 0 Å². The number of hydrogen-bond acceptors (Lipinski definition) is 5. The summed E-state index contributed by atoms with van der Waals surface area (Å²) < 4.78 is 106. The molecule has 0 aliphatic carbocycles. The molecule has 2 aromatic carbocycles. The van der Waals surface area contributed by atoms with E-state index in [9.17, 15) is 39.9 Å². The number of rotatable bonds is 6. The number of allylic oxidation sites excluding steroid dienone is 1. The number of aryl methyl sites for hydroxylation is 1. The molecule has 4 rings (SSSR count). The van der Waals surface area contributed by atoms with Gasteiger partial charge in [-0.25, -0.2) is 13.4 Å². The number of fused-ring (bicyclic) bond motifs is 1. The molecule has 6 nitrogen and oxygen atoms in total. The van der Waals surface area contributed by atoms with Crippen LogP contribution in [0.4, 0.5) is 26.3 Å². The summed E-state index contributed by atoms with van der Waals surface area (Å²) in [6.45, 7) is -0.221. The standard InChI is InChI=1S/C23H19F6N3O3S/c24-22(25,26)15-5-3-6-17(10-15)36(34,35)19-7-2-1-4-14(19)11-30-21(33)18-13-32-12-16(23(27,28)29)8-9-20(32)31-18/h1-7,10,12-13,21,30,33H,8-9,11H2. The zero-order valence-corrected chi connectivity index (χ0v) is 19.1. The van der Waals surface area contributed by atoms with Crippen molar-refractivity contribution in [2.24, 2.45) is 0 Å². The van der Waals surface area contributed by atoms with Crippen molar-refractivity contribution in [2.45, 2.75) is 47.8 Å². The van der Waals surface area contributed by atoms with Crippen molar-refractivity contribution in [2.75, 3.05) is 0 Å². The van der Waals surface area contributed by atoms with Crippen LogP contribution in [0.15, 0.2) is 70.1 Å². The van der Waals surface area contributed by atoms with E-state index in [-0.39, 0.29) is 35.5 Å². The first-order valence-electron chi connectivity index (χ1n) is 10.5. The first-order valence-corrected chi connectivity index (χ1v) is 12.0. The summed E-state index contributed by atoms with van der Waals surface area (Å²) in [5.41, 5.74) is -1.64. The fourth-order valence-corrected chi connectivity index (χ4v) is 5.30. The molecule has 36 heavy (non-hydrogen) atoms. The molecule has 1 aliphatic heterocycles. The quantitative estimate of drug-likeness (QED) is 0.351. The zero-order valence-electron chi connectivity index (χ0n) is 18.3. The summed E-state index contributed by atoms with van der Waals surface area (Å²) in [6, 6.07) is 8.96. The number of nitrogens with zero attached hydrogens (tertiary/aromatic N) is 2. The van der Waals surface area contributed by atoms with Crippen LogP contribution >= 0.6 is 0 Å². The van der Waals surface area contributed by atoms with E-state index in [0.29, 0.717) is 11.9 Å². The van der Waals surface area contributed by atoms with Crippen LogP contribution in [-0.4, -0.2) is 29.3 Å². The number of alkyl halides is 6. The highest BCUT2D eigenvalue weighted by Gasteiger charge is 2.36. The lowest BCUT2D eigenvalue weighted by molar-refractivity contribution is -0.137. The van der Waals surface area contributed by atoms with Gasteiger partial charge in [0.05, 0.1) is 20.9 Å². The summed E-state index contributed by atoms with van der Waals surface area (Å²) in [4.78, 5) is 3.34. The Labute approximate surface area is 201 Å². The summed E-state index contributed by atoms with van der Waals surface area (Å²) in [7, 11) is -4.34. The van der Waals surface area contributed by atoms with Crippen LogP contribution in [0.2, 0.25) is 0 Å². The number of nitrogens with one attached hydrogen (secondary N) is 1. The fourth-order valence-electron chi connectivity index (χ4n) is 3.76. The first-order chi connectivity index (χ1) is 16.8. The molecular weight excluding hydrogens is 512 g/mol. The van der Waals surface area contributed by atoms with E-state index in [4.69, 9.17) is 0 Å². The normalized spacial score (nSPS) is 15.4. The average Bonchev–Trinajstić information content (AvgIpc) is 3.25. The lowest BCUT2D eigenvalue weighted by Gasteiger charge is -2.16. The smallest absolute Gasteiger partial charge is 0.373 e. The van der Waals surface area contributed by atoms with Crippen molar-refractivity contribution in [3.05, 3.63) is 82.9 Å². The predicted molar refractivity (Wildman–Crippen MR) is 116 cm³/mol. The topological polar surface area (TPSA) is 84.2 Å². The summed E-state index contributed by atoms with van der Waals surface area (Å²) >= 11 is 0. The molecule has 0 amide bonds. The monoisotopic (exact) mass is 531 g/mol. The molecule has 2 N–H and O–H groups in total. The second-order valence-corrected chi connectivity index (χ2v) is 9.98. The van der Waals surface area contributed by atoms with Gasteiger partial charge in [0, 0.05) is 25.4 Å². The molecule has 0 bridgehead atoms. The molecule has 0 saturated carbocycles. The first kappa shape index (κ1) is 25.9. The van der Waals surface area contributed by atoms with Crippen molar-refractivity contribution >= 4 is 16.0 Å². The number of imidazole rings is 1. The van der Waals surface area contributed by atoms with E-state index in [1.165, 1.54) is 35.0 Å². The molecule has 1 unspecified atom stereocenters. The van der Waals surface area contributed by atoms with Gasteiger partial charge in [0.1, 0.15) is 17.7 Å². The maximum Gasteiger partial charge on any atom is 0.416 e. The third kappa shape index (κ3) is 5.32. The van der Waals surface area contributed by atoms with Crippen LogP contribution in [0.5, 0.6) is 0 Å². The Morgan fingerprint density at radius 3 is 2.42 bits per heavy atom. The highest BCUT2D eigenvalue weighted by molar-refractivity contribution is 7.91. The lowest BCUT2D eigenvalue weighted by Crippen LogP contribution is -2.22. The SMILES string of the molecule is O=S(=O)(c1cccc(C(F)(F)F)c1)c1ccccc1CNC(O)c1cn2c(n1)CCC(C(F)(F)F)=C2. The van der Waals surface area contributed by atoms with Crippen molar-refractivity contribution < 1.29 is 39.9 Å². The van der Waals surface area contributed by atoms with Crippen molar-refractivity contribution in [1.29, 1.82) is 0 Å². The van der Waals surface area contributed by atoms with Crippen molar-refractivity contribution in [3.63, 3.8) is 0 Å². The van der Waals surface area contributed by atoms with Gasteiger partial charge in [-0.15, -0.1) is 0 Å². The fraction of sp³-hybridized carbons (Fsp3) is 0.261. The summed E-state index contributed by atoms with van der Waals surface area (Å²) in [5.74, 6) is 0.325. The van der Waals surface area contributed by atoms with Crippen LogP contribution in [-0.2, 0) is 29.0 Å². The van der Waals surface area contributed by atoms with E-state index >= 15 is 0 Å². The number of hydrogen-bond donors (Lipinski definition) is 2. The Morgan fingerprint density at radius 2 is 1.72 bits per heavy atom. The molecule has 0 radical (unpaired) electrons. The molecule has 1 aliphatic rings. The van der Waals surface area contributed by atoms with Gasteiger partial charge in [0.25, 0.3) is 0 Å². The molecule has 0 fully saturated rings. The summed E-state index contributed by atoms with van der Waals surface area (Å²) in [6.07, 6.45) is -8.73. The zero-order chi connectivity index (χ0) is 26.3. The van der Waals surface area contributed by atoms with E-state index in [2.05, 4.69) is 10.3 Å². The minimum absolute atomic E-state index is 0.0239. The lowest BCUT2D eigenvalue weighted by atomic mass is 10.1. The Balaban J connectivity index is 1.55. The molecule has 1 aromatic heterocycles. The van der Waals surface area contributed by atoms with Gasteiger partial charge in [0.2, 0.25) is 9.84 Å². The molecule has 2 heterocycles. The van der Waals surface area contributed by atoms with Crippen LogP contribution in [0.3, 0.4) is 0 Å². The van der Waals surface area contributed by atoms with Crippen molar-refractivity contribution in [1.82, 2.24) is 14.9 Å². The number of aliphatic hydroxyl groups is 1. The van der Waals surface area contributed by atoms with Gasteiger partial charge in [0.15, 0.2) is 0 Å². The van der Waals surface area contributed by atoms with Crippen LogP contribution < -0.4 is 5.32 Å². The Hall–Kier alpha value is -3.16. The third-order valence-electron chi connectivity index (χ3n) is 5.60. The molecular formula is C23H19F6N3O3S. The van der Waals surface area contributed by atoms with Crippen molar-refractivity contribution in [3.8, 4) is 0 Å². The largest absolute Gasteiger partial charge is 0.416 e. The Morgan fingerprint density at radius 1 is 1.00 bits per heavy atom. The highest BCUT2D eigenvalue weighted by atomic mass is 32.2. The minimum atomic E-state index is -4.73. The average molecular weight is 531 g/mol. The number of aromatic nitrogens is 2. The Bertz CT molecular complexity index is 1410. The van der Waals surface area contributed by atoms with Gasteiger partial charge in [-0.1, -0.05) is 24.3 Å². The molecule has 3 aromatic rings. The Kier molecular flexibility index (Phi) is 6.75. The van der Waals surface area contributed by atoms with Crippen LogP contribution in [0, 0.1) is 0 Å². The second kappa shape index (κ2) is 9.37. The second-order valence-electron chi connectivity index (χ2n) is 8.06. The van der Waals surface area contributed by atoms with Gasteiger partial charge < -0.3 is 9.67 Å². The molecule has 13 heteroatoms. The number of sulfone groups is 1. The van der Waals surface area contributed by atoms with Crippen LogP contribution in [0.25, 0.3) is 6.20 Å². The number of benzene rings is 2.